The van der Waals surface area contributed by atoms with E-state index in [1.54, 1.807) is 0 Å². The van der Waals surface area contributed by atoms with Crippen molar-refractivity contribution >= 4 is 5.69 Å². The highest BCUT2D eigenvalue weighted by Gasteiger charge is 2.19. The first-order valence-electron chi connectivity index (χ1n) is 7.71. The molecule has 1 aromatic heterocycles. The quantitative estimate of drug-likeness (QED) is 0.882. The number of hydrogen-bond acceptors (Lipinski definition) is 3. The molecule has 1 aromatic rings. The van der Waals surface area contributed by atoms with Gasteiger partial charge in [-0.2, -0.15) is 0 Å². The highest BCUT2D eigenvalue weighted by atomic mass is 15.1. The van der Waals surface area contributed by atoms with Gasteiger partial charge in [-0.05, 0) is 37.3 Å². The first kappa shape index (κ1) is 14.3. The molecule has 1 aliphatic rings. The van der Waals surface area contributed by atoms with Gasteiger partial charge in [0.15, 0.2) is 0 Å². The second-order valence-corrected chi connectivity index (χ2v) is 5.68. The fraction of sp³-hybridized carbons (Fsp3) is 0.688. The molecule has 3 heteroatoms. The molecular formula is C16H27N3. The minimum Gasteiger partial charge on any atom is -0.370 e. The van der Waals surface area contributed by atoms with Crippen LogP contribution in [-0.4, -0.2) is 18.1 Å². The number of hydrogen-bond donors (Lipinski definition) is 1. The molecule has 2 rings (SSSR count). The van der Waals surface area contributed by atoms with Gasteiger partial charge in [-0.3, -0.25) is 4.98 Å². The van der Waals surface area contributed by atoms with Gasteiger partial charge in [0.1, 0.15) is 0 Å². The Morgan fingerprint density at radius 3 is 2.58 bits per heavy atom. The van der Waals surface area contributed by atoms with E-state index in [9.17, 15) is 0 Å². The zero-order valence-corrected chi connectivity index (χ0v) is 12.3. The van der Waals surface area contributed by atoms with Crippen LogP contribution in [0.25, 0.3) is 0 Å². The van der Waals surface area contributed by atoms with E-state index in [1.807, 2.05) is 6.20 Å². The van der Waals surface area contributed by atoms with Crippen molar-refractivity contribution in [1.82, 2.24) is 4.98 Å². The van der Waals surface area contributed by atoms with Crippen LogP contribution >= 0.6 is 0 Å². The number of nitrogens with two attached hydrogens (primary N) is 1. The first-order valence-corrected chi connectivity index (χ1v) is 7.71. The summed E-state index contributed by atoms with van der Waals surface area (Å²) in [6.45, 7) is 6.72. The van der Waals surface area contributed by atoms with Crippen LogP contribution in [0.15, 0.2) is 18.3 Å². The molecule has 2 N–H and O–H groups in total. The van der Waals surface area contributed by atoms with E-state index in [4.69, 9.17) is 5.73 Å². The molecule has 0 saturated carbocycles. The van der Waals surface area contributed by atoms with E-state index >= 15 is 0 Å². The molecule has 1 saturated heterocycles. The standard InChI is InChI=1S/C16H27N3/c1-3-5-13-8-10-19(11-9-13)14-6-7-16(18-12-14)15(17)4-2/h6-7,12-13,15H,3-5,8-11,17H2,1-2H3/t15-/m1/s1. The number of piperidine rings is 1. The maximum atomic E-state index is 6.00. The van der Waals surface area contributed by atoms with Crippen LogP contribution in [-0.2, 0) is 0 Å². The molecule has 0 spiro atoms. The van der Waals surface area contributed by atoms with Crippen molar-refractivity contribution < 1.29 is 0 Å². The highest BCUT2D eigenvalue weighted by molar-refractivity contribution is 5.45. The van der Waals surface area contributed by atoms with Gasteiger partial charge in [0.05, 0.1) is 17.6 Å². The van der Waals surface area contributed by atoms with E-state index < -0.39 is 0 Å². The van der Waals surface area contributed by atoms with Gasteiger partial charge in [0, 0.05) is 19.1 Å². The van der Waals surface area contributed by atoms with Crippen molar-refractivity contribution in [1.29, 1.82) is 0 Å². The topological polar surface area (TPSA) is 42.1 Å². The smallest absolute Gasteiger partial charge is 0.0572 e. The van der Waals surface area contributed by atoms with Gasteiger partial charge in [0.2, 0.25) is 0 Å². The van der Waals surface area contributed by atoms with Gasteiger partial charge in [-0.25, -0.2) is 0 Å². The van der Waals surface area contributed by atoms with Crippen LogP contribution in [0.2, 0.25) is 0 Å². The second kappa shape index (κ2) is 6.90. The molecule has 0 aliphatic carbocycles. The van der Waals surface area contributed by atoms with Crippen LogP contribution in [0, 0.1) is 5.92 Å². The van der Waals surface area contributed by atoms with Gasteiger partial charge >= 0.3 is 0 Å². The number of pyridine rings is 1. The number of rotatable bonds is 5. The predicted octanol–water partition coefficient (Wildman–Crippen LogP) is 3.51. The molecule has 1 fully saturated rings. The molecular weight excluding hydrogens is 234 g/mol. The lowest BCUT2D eigenvalue weighted by Crippen LogP contribution is -2.33. The first-order chi connectivity index (χ1) is 9.24. The maximum Gasteiger partial charge on any atom is 0.0572 e. The van der Waals surface area contributed by atoms with Gasteiger partial charge < -0.3 is 10.6 Å². The fourth-order valence-electron chi connectivity index (χ4n) is 2.90. The third-order valence-electron chi connectivity index (χ3n) is 4.27. The van der Waals surface area contributed by atoms with Crippen molar-refractivity contribution in [2.75, 3.05) is 18.0 Å². The average molecular weight is 261 g/mol. The van der Waals surface area contributed by atoms with Crippen LogP contribution in [0.1, 0.15) is 57.7 Å². The fourth-order valence-corrected chi connectivity index (χ4v) is 2.90. The summed E-state index contributed by atoms with van der Waals surface area (Å²) in [5.74, 6) is 0.932. The van der Waals surface area contributed by atoms with Crippen molar-refractivity contribution in [2.24, 2.45) is 11.7 Å². The molecule has 19 heavy (non-hydrogen) atoms. The Kier molecular flexibility index (Phi) is 5.20. The lowest BCUT2D eigenvalue weighted by atomic mass is 9.92. The SMILES string of the molecule is CCCC1CCN(c2ccc([C@H](N)CC)nc2)CC1. The number of anilines is 1. The molecule has 3 nitrogen and oxygen atoms in total. The van der Waals surface area contributed by atoms with Crippen LogP contribution < -0.4 is 10.6 Å². The summed E-state index contributed by atoms with van der Waals surface area (Å²) in [7, 11) is 0. The zero-order valence-electron chi connectivity index (χ0n) is 12.3. The van der Waals surface area contributed by atoms with Gasteiger partial charge in [-0.15, -0.1) is 0 Å². The van der Waals surface area contributed by atoms with E-state index in [1.165, 1.54) is 44.5 Å². The van der Waals surface area contributed by atoms with Gasteiger partial charge in [0.25, 0.3) is 0 Å². The van der Waals surface area contributed by atoms with E-state index in [0.717, 1.165) is 18.0 Å². The number of nitrogens with zero attached hydrogens (tertiary/aromatic N) is 2. The summed E-state index contributed by atoms with van der Waals surface area (Å²) >= 11 is 0. The summed E-state index contributed by atoms with van der Waals surface area (Å²) in [5.41, 5.74) is 8.26. The Hall–Kier alpha value is -1.09. The molecule has 0 unspecified atom stereocenters. The predicted molar refractivity (Wildman–Crippen MR) is 81.3 cm³/mol. The van der Waals surface area contributed by atoms with Gasteiger partial charge in [-0.1, -0.05) is 26.7 Å². The lowest BCUT2D eigenvalue weighted by molar-refractivity contribution is 0.378. The summed E-state index contributed by atoms with van der Waals surface area (Å²) in [6.07, 6.45) is 8.28. The molecule has 0 bridgehead atoms. The molecule has 106 valence electrons. The second-order valence-electron chi connectivity index (χ2n) is 5.68. The minimum atomic E-state index is 0.0735. The molecule has 0 aromatic carbocycles. The monoisotopic (exact) mass is 261 g/mol. The summed E-state index contributed by atoms with van der Waals surface area (Å²) in [6, 6.07) is 4.34. The van der Waals surface area contributed by atoms with E-state index in [0.29, 0.717) is 0 Å². The van der Waals surface area contributed by atoms with Crippen LogP contribution in [0.3, 0.4) is 0 Å². The third-order valence-corrected chi connectivity index (χ3v) is 4.27. The van der Waals surface area contributed by atoms with Crippen LogP contribution in [0.5, 0.6) is 0 Å². The van der Waals surface area contributed by atoms with E-state index in [2.05, 4.69) is 35.9 Å². The normalized spacial score (nSPS) is 18.6. The van der Waals surface area contributed by atoms with Crippen LogP contribution in [0.4, 0.5) is 5.69 Å². The third kappa shape index (κ3) is 3.69. The molecule has 0 amide bonds. The van der Waals surface area contributed by atoms with E-state index in [-0.39, 0.29) is 6.04 Å². The van der Waals surface area contributed by atoms with Crippen molar-refractivity contribution in [3.05, 3.63) is 24.0 Å². The highest BCUT2D eigenvalue weighted by Crippen LogP contribution is 2.26. The zero-order chi connectivity index (χ0) is 13.7. The maximum absolute atomic E-state index is 6.00. The van der Waals surface area contributed by atoms with Crippen molar-refractivity contribution in [3.63, 3.8) is 0 Å². The molecule has 1 aliphatic heterocycles. The Labute approximate surface area is 117 Å². The summed E-state index contributed by atoms with van der Waals surface area (Å²) < 4.78 is 0. The summed E-state index contributed by atoms with van der Waals surface area (Å²) in [4.78, 5) is 6.97. The largest absolute Gasteiger partial charge is 0.370 e. The number of aromatic nitrogens is 1. The molecule has 2 heterocycles. The van der Waals surface area contributed by atoms with Crippen molar-refractivity contribution in [2.45, 2.75) is 52.0 Å². The molecule has 1 atom stereocenters. The Bertz CT molecular complexity index is 366. The Morgan fingerprint density at radius 2 is 2.05 bits per heavy atom. The lowest BCUT2D eigenvalue weighted by Gasteiger charge is -2.33. The Balaban J connectivity index is 1.92. The minimum absolute atomic E-state index is 0.0735. The molecule has 0 radical (unpaired) electrons. The Morgan fingerprint density at radius 1 is 1.32 bits per heavy atom. The summed E-state index contributed by atoms with van der Waals surface area (Å²) in [5, 5.41) is 0. The average Bonchev–Trinajstić information content (AvgIpc) is 2.48. The van der Waals surface area contributed by atoms with Crippen molar-refractivity contribution in [3.8, 4) is 0 Å².